The molecule has 35 heavy (non-hydrogen) atoms. The Hall–Kier alpha value is -2.71. The largest absolute Gasteiger partial charge is 0.452 e. The van der Waals surface area contributed by atoms with Crippen LogP contribution in [0.15, 0.2) is 47.4 Å². The average molecular weight is 499 g/mol. The smallest absolute Gasteiger partial charge is 0.309 e. The van der Waals surface area contributed by atoms with Crippen LogP contribution in [0.1, 0.15) is 60.9 Å². The molecule has 1 saturated heterocycles. The van der Waals surface area contributed by atoms with E-state index in [1.807, 2.05) is 38.1 Å². The molecule has 2 aromatic rings. The van der Waals surface area contributed by atoms with Crippen LogP contribution in [-0.2, 0) is 30.8 Å². The quantitative estimate of drug-likeness (QED) is 0.611. The van der Waals surface area contributed by atoms with Crippen molar-refractivity contribution in [1.82, 2.24) is 9.62 Å². The van der Waals surface area contributed by atoms with Crippen LogP contribution < -0.4 is 5.32 Å². The van der Waals surface area contributed by atoms with Crippen molar-refractivity contribution in [2.75, 3.05) is 13.1 Å². The normalized spacial score (nSPS) is 20.0. The Morgan fingerprint density at radius 3 is 2.46 bits per heavy atom. The number of sulfonamides is 1. The van der Waals surface area contributed by atoms with Gasteiger partial charge in [-0.2, -0.15) is 4.31 Å². The average Bonchev–Trinajstić information content (AvgIpc) is 2.85. The number of rotatable bonds is 6. The second kappa shape index (κ2) is 10.5. The Labute approximate surface area is 207 Å². The lowest BCUT2D eigenvalue weighted by Gasteiger charge is -2.31. The Morgan fingerprint density at radius 2 is 1.74 bits per heavy atom. The zero-order valence-electron chi connectivity index (χ0n) is 20.6. The molecular formula is C27H34N2O5S. The van der Waals surface area contributed by atoms with Gasteiger partial charge in [-0.05, 0) is 87.3 Å². The third kappa shape index (κ3) is 5.59. The highest BCUT2D eigenvalue weighted by Crippen LogP contribution is 2.30. The first kappa shape index (κ1) is 25.4. The molecule has 2 atom stereocenters. The molecule has 0 spiro atoms. The summed E-state index contributed by atoms with van der Waals surface area (Å²) in [4.78, 5) is 25.8. The van der Waals surface area contributed by atoms with Gasteiger partial charge in [-0.15, -0.1) is 0 Å². The molecule has 8 heteroatoms. The van der Waals surface area contributed by atoms with Crippen molar-refractivity contribution in [3.05, 3.63) is 64.7 Å². The number of carbonyl (C=O) groups excluding carboxylic acids is 2. The third-order valence-corrected chi connectivity index (χ3v) is 9.15. The van der Waals surface area contributed by atoms with Gasteiger partial charge in [-0.1, -0.05) is 30.3 Å². The van der Waals surface area contributed by atoms with Gasteiger partial charge < -0.3 is 10.1 Å². The summed E-state index contributed by atoms with van der Waals surface area (Å²) in [5, 5.41) is 3.03. The van der Waals surface area contributed by atoms with Crippen molar-refractivity contribution < 1.29 is 22.7 Å². The van der Waals surface area contributed by atoms with Crippen molar-refractivity contribution in [3.63, 3.8) is 0 Å². The molecule has 1 fully saturated rings. The van der Waals surface area contributed by atoms with Crippen LogP contribution >= 0.6 is 0 Å². The number of amides is 1. The number of benzene rings is 2. The minimum Gasteiger partial charge on any atom is -0.452 e. The van der Waals surface area contributed by atoms with Crippen molar-refractivity contribution in [1.29, 1.82) is 0 Å². The van der Waals surface area contributed by atoms with Crippen molar-refractivity contribution in [3.8, 4) is 0 Å². The maximum atomic E-state index is 13.0. The highest BCUT2D eigenvalue weighted by atomic mass is 32.2. The topological polar surface area (TPSA) is 92.8 Å². The second-order valence-electron chi connectivity index (χ2n) is 9.66. The summed E-state index contributed by atoms with van der Waals surface area (Å²) in [7, 11) is -3.61. The van der Waals surface area contributed by atoms with Gasteiger partial charge in [-0.25, -0.2) is 8.42 Å². The molecule has 2 aromatic carbocycles. The summed E-state index contributed by atoms with van der Waals surface area (Å²) in [6, 6.07) is 13.2. The summed E-state index contributed by atoms with van der Waals surface area (Å²) in [6.45, 7) is 5.91. The second-order valence-corrected chi connectivity index (χ2v) is 11.6. The molecule has 0 unspecified atom stereocenters. The lowest BCUT2D eigenvalue weighted by Crippen LogP contribution is -2.43. The van der Waals surface area contributed by atoms with E-state index in [-0.39, 0.29) is 29.9 Å². The van der Waals surface area contributed by atoms with E-state index in [0.717, 1.165) is 36.0 Å². The monoisotopic (exact) mass is 498 g/mol. The summed E-state index contributed by atoms with van der Waals surface area (Å²) < 4.78 is 33.0. The maximum absolute atomic E-state index is 13.0. The first-order valence-corrected chi connectivity index (χ1v) is 13.8. The number of nitrogens with zero attached hydrogens (tertiary/aromatic N) is 1. The third-order valence-electron chi connectivity index (χ3n) is 7.25. The van der Waals surface area contributed by atoms with Gasteiger partial charge in [0.05, 0.1) is 16.9 Å². The molecule has 4 rings (SSSR count). The number of esters is 1. The number of carbonyl (C=O) groups is 2. The van der Waals surface area contributed by atoms with Crippen LogP contribution in [0.2, 0.25) is 0 Å². The molecule has 0 aromatic heterocycles. The van der Waals surface area contributed by atoms with Gasteiger partial charge in [0.1, 0.15) is 0 Å². The van der Waals surface area contributed by atoms with Crippen molar-refractivity contribution in [2.45, 2.75) is 69.9 Å². The molecule has 188 valence electrons. The highest BCUT2D eigenvalue weighted by molar-refractivity contribution is 7.89. The number of piperidine rings is 1. The van der Waals surface area contributed by atoms with Crippen LogP contribution in [0.5, 0.6) is 0 Å². The highest BCUT2D eigenvalue weighted by Gasteiger charge is 2.34. The molecule has 1 N–H and O–H groups in total. The predicted octanol–water partition coefficient (Wildman–Crippen LogP) is 3.83. The van der Waals surface area contributed by atoms with E-state index >= 15 is 0 Å². The molecule has 1 aliphatic heterocycles. The summed E-state index contributed by atoms with van der Waals surface area (Å²) >= 11 is 0. The molecule has 1 aliphatic carbocycles. The SMILES string of the molecule is Cc1ccc(S(=O)(=O)N2CCC(C(=O)O[C@@H](C)C(=O)N[C@@H]3CCCc4ccccc43)CC2)cc1C. The minimum atomic E-state index is -3.61. The lowest BCUT2D eigenvalue weighted by atomic mass is 9.87. The maximum Gasteiger partial charge on any atom is 0.309 e. The summed E-state index contributed by atoms with van der Waals surface area (Å²) in [6.07, 6.45) is 2.69. The first-order valence-electron chi connectivity index (χ1n) is 12.3. The van der Waals surface area contributed by atoms with Crippen molar-refractivity contribution in [2.24, 2.45) is 5.92 Å². The zero-order valence-corrected chi connectivity index (χ0v) is 21.4. The minimum absolute atomic E-state index is 0.0764. The van der Waals surface area contributed by atoms with E-state index < -0.39 is 28.0 Å². The Kier molecular flexibility index (Phi) is 7.62. The Bertz CT molecular complexity index is 1200. The number of nitrogens with one attached hydrogen (secondary N) is 1. The Balaban J connectivity index is 1.30. The number of aryl methyl sites for hydroxylation is 3. The molecule has 7 nitrogen and oxygen atoms in total. The summed E-state index contributed by atoms with van der Waals surface area (Å²) in [5.74, 6) is -1.18. The van der Waals surface area contributed by atoms with Gasteiger partial charge >= 0.3 is 5.97 Å². The first-order chi connectivity index (χ1) is 16.7. The summed E-state index contributed by atoms with van der Waals surface area (Å²) in [5.41, 5.74) is 4.34. The van der Waals surface area contributed by atoms with Gasteiger partial charge in [-0.3, -0.25) is 9.59 Å². The number of fused-ring (bicyclic) bond motifs is 1. The molecule has 1 amide bonds. The molecule has 0 bridgehead atoms. The fourth-order valence-electron chi connectivity index (χ4n) is 4.87. The molecule has 0 radical (unpaired) electrons. The number of hydrogen-bond acceptors (Lipinski definition) is 5. The van der Waals surface area contributed by atoms with Crippen LogP contribution in [0.25, 0.3) is 0 Å². The molecule has 0 saturated carbocycles. The van der Waals surface area contributed by atoms with Crippen LogP contribution in [-0.4, -0.2) is 43.8 Å². The van der Waals surface area contributed by atoms with Crippen LogP contribution in [0, 0.1) is 19.8 Å². The Morgan fingerprint density at radius 1 is 1.03 bits per heavy atom. The van der Waals surface area contributed by atoms with Gasteiger partial charge in [0.2, 0.25) is 10.0 Å². The van der Waals surface area contributed by atoms with Crippen LogP contribution in [0.3, 0.4) is 0 Å². The standard InChI is InChI=1S/C27H34N2O5S/c1-18-11-12-23(17-19(18)2)35(32,33)29-15-13-22(14-16-29)27(31)34-20(3)26(30)28-25-10-6-8-21-7-4-5-9-24(21)25/h4-5,7,9,11-12,17,20,22,25H,6,8,10,13-16H2,1-3H3,(H,28,30)/t20-,25+/m0/s1. The predicted molar refractivity (Wildman–Crippen MR) is 133 cm³/mol. The molecule has 2 aliphatic rings. The van der Waals surface area contributed by atoms with Crippen LogP contribution in [0.4, 0.5) is 0 Å². The molecular weight excluding hydrogens is 464 g/mol. The van der Waals surface area contributed by atoms with E-state index in [2.05, 4.69) is 11.4 Å². The van der Waals surface area contributed by atoms with E-state index in [0.29, 0.717) is 12.8 Å². The fourth-order valence-corrected chi connectivity index (χ4v) is 6.43. The van der Waals surface area contributed by atoms with Crippen molar-refractivity contribution >= 4 is 21.9 Å². The molecule has 1 heterocycles. The zero-order chi connectivity index (χ0) is 25.2. The van der Waals surface area contributed by atoms with E-state index in [1.165, 1.54) is 9.87 Å². The van der Waals surface area contributed by atoms with Gasteiger partial charge in [0, 0.05) is 13.1 Å². The van der Waals surface area contributed by atoms with Gasteiger partial charge in [0.15, 0.2) is 6.10 Å². The van der Waals surface area contributed by atoms with Gasteiger partial charge in [0.25, 0.3) is 5.91 Å². The van der Waals surface area contributed by atoms with E-state index in [9.17, 15) is 18.0 Å². The van der Waals surface area contributed by atoms with E-state index in [1.54, 1.807) is 19.1 Å². The number of hydrogen-bond donors (Lipinski definition) is 1. The lowest BCUT2D eigenvalue weighted by molar-refractivity contribution is -0.160. The van der Waals surface area contributed by atoms with E-state index in [4.69, 9.17) is 4.74 Å². The number of ether oxygens (including phenoxy) is 1. The fraction of sp³-hybridized carbons (Fsp3) is 0.481.